The van der Waals surface area contributed by atoms with Crippen molar-refractivity contribution in [3.8, 4) is 33.4 Å². The van der Waals surface area contributed by atoms with Crippen LogP contribution in [0.15, 0.2) is 205 Å². The highest BCUT2D eigenvalue weighted by Crippen LogP contribution is 2.42. The van der Waals surface area contributed by atoms with E-state index in [1.807, 2.05) is 23.5 Å². The molecule has 0 aliphatic rings. The molecule has 2 aromatic heterocycles. The molecule has 55 heavy (non-hydrogen) atoms. The molecule has 0 aliphatic carbocycles. The van der Waals surface area contributed by atoms with Gasteiger partial charge < -0.3 is 9.32 Å². The standard InChI is InChI=1S/C52H33NOS/c1-2-19-43-34(11-1)12-10-22-44(43)39-15-9-18-42(31-39)53(40-16-7-13-35(29-40)37-25-27-50-47(32-37)45-20-3-5-23-49(45)54-50)41-17-8-14-36(30-41)38-26-28-52-48(33-38)46-21-4-6-24-51(46)55-52/h1-33H. The molecule has 0 N–H and O–H groups in total. The highest BCUT2D eigenvalue weighted by molar-refractivity contribution is 7.25. The van der Waals surface area contributed by atoms with Crippen LogP contribution in [0.25, 0.3) is 86.3 Å². The van der Waals surface area contributed by atoms with E-state index in [4.69, 9.17) is 4.42 Å². The van der Waals surface area contributed by atoms with Crippen molar-refractivity contribution in [2.45, 2.75) is 0 Å². The lowest BCUT2D eigenvalue weighted by Crippen LogP contribution is -2.10. The molecule has 2 nitrogen and oxygen atoms in total. The van der Waals surface area contributed by atoms with Crippen molar-refractivity contribution in [2.24, 2.45) is 0 Å². The predicted molar refractivity (Wildman–Crippen MR) is 235 cm³/mol. The van der Waals surface area contributed by atoms with Crippen LogP contribution in [0.3, 0.4) is 0 Å². The van der Waals surface area contributed by atoms with Crippen molar-refractivity contribution in [1.82, 2.24) is 0 Å². The molecule has 0 saturated carbocycles. The Kier molecular flexibility index (Phi) is 7.39. The average Bonchev–Trinajstić information content (AvgIpc) is 3.82. The van der Waals surface area contributed by atoms with Crippen LogP contribution in [0.1, 0.15) is 0 Å². The molecule has 0 bridgehead atoms. The molecular formula is C52H33NOS. The molecule has 0 radical (unpaired) electrons. The van der Waals surface area contributed by atoms with E-state index in [0.717, 1.165) is 50.1 Å². The largest absolute Gasteiger partial charge is 0.456 e. The van der Waals surface area contributed by atoms with Crippen molar-refractivity contribution in [1.29, 1.82) is 0 Å². The molecular weight excluding hydrogens is 687 g/mol. The number of fused-ring (bicyclic) bond motifs is 7. The lowest BCUT2D eigenvalue weighted by Gasteiger charge is -2.27. The number of nitrogens with zero attached hydrogens (tertiary/aromatic N) is 1. The van der Waals surface area contributed by atoms with Gasteiger partial charge in [0, 0.05) is 48.0 Å². The third-order valence-corrected chi connectivity index (χ3v) is 12.0. The second-order valence-corrected chi connectivity index (χ2v) is 15.2. The Hall–Kier alpha value is -6.94. The Balaban J connectivity index is 1.07. The van der Waals surface area contributed by atoms with E-state index in [-0.39, 0.29) is 0 Å². The third kappa shape index (κ3) is 5.48. The highest BCUT2D eigenvalue weighted by atomic mass is 32.1. The normalized spacial score (nSPS) is 11.6. The zero-order valence-electron chi connectivity index (χ0n) is 29.8. The molecule has 0 atom stereocenters. The SMILES string of the molecule is c1cc(-c2ccc3oc4ccccc4c3c2)cc(N(c2cccc(-c3ccc4sc5ccccc5c4c3)c2)c2cccc(-c3cccc4ccccc34)c2)c1. The summed E-state index contributed by atoms with van der Waals surface area (Å²) in [4.78, 5) is 2.39. The molecule has 0 spiro atoms. The molecule has 258 valence electrons. The minimum atomic E-state index is 0.901. The predicted octanol–water partition coefficient (Wildman–Crippen LogP) is 15.6. The fourth-order valence-electron chi connectivity index (χ4n) is 8.20. The number of hydrogen-bond acceptors (Lipinski definition) is 3. The Labute approximate surface area is 322 Å². The van der Waals surface area contributed by atoms with E-state index in [1.165, 1.54) is 53.2 Å². The quantitative estimate of drug-likeness (QED) is 0.170. The van der Waals surface area contributed by atoms with Gasteiger partial charge in [-0.3, -0.25) is 0 Å². The Bertz CT molecular complexity index is 3080. The van der Waals surface area contributed by atoms with Gasteiger partial charge in [-0.2, -0.15) is 0 Å². The minimum Gasteiger partial charge on any atom is -0.456 e. The van der Waals surface area contributed by atoms with Gasteiger partial charge in [0.1, 0.15) is 11.2 Å². The number of hydrogen-bond donors (Lipinski definition) is 0. The average molecular weight is 720 g/mol. The summed E-state index contributed by atoms with van der Waals surface area (Å²) in [6, 6.07) is 72.4. The fraction of sp³-hybridized carbons (Fsp3) is 0. The van der Waals surface area contributed by atoms with Gasteiger partial charge in [-0.25, -0.2) is 0 Å². The van der Waals surface area contributed by atoms with Crippen LogP contribution in [0.4, 0.5) is 17.1 Å². The Morgan fingerprint density at radius 1 is 0.327 bits per heavy atom. The first-order chi connectivity index (χ1) is 27.2. The van der Waals surface area contributed by atoms with Gasteiger partial charge in [0.05, 0.1) is 0 Å². The lowest BCUT2D eigenvalue weighted by atomic mass is 9.97. The molecule has 9 aromatic carbocycles. The first kappa shape index (κ1) is 31.6. The molecule has 0 amide bonds. The molecule has 0 saturated heterocycles. The summed E-state index contributed by atoms with van der Waals surface area (Å²) in [7, 11) is 0. The summed E-state index contributed by atoms with van der Waals surface area (Å²) in [5, 5.41) is 7.36. The molecule has 11 rings (SSSR count). The number of anilines is 3. The Morgan fingerprint density at radius 3 is 1.64 bits per heavy atom. The number of benzene rings is 9. The van der Waals surface area contributed by atoms with Crippen LogP contribution in [0.2, 0.25) is 0 Å². The minimum absolute atomic E-state index is 0.901. The number of thiophene rings is 1. The summed E-state index contributed by atoms with van der Waals surface area (Å²) in [5.74, 6) is 0. The maximum Gasteiger partial charge on any atom is 0.135 e. The van der Waals surface area contributed by atoms with Gasteiger partial charge in [-0.1, -0.05) is 127 Å². The van der Waals surface area contributed by atoms with Crippen LogP contribution in [-0.4, -0.2) is 0 Å². The van der Waals surface area contributed by atoms with Crippen molar-refractivity contribution >= 4 is 81.3 Å². The summed E-state index contributed by atoms with van der Waals surface area (Å²) in [6.45, 7) is 0. The zero-order chi connectivity index (χ0) is 36.3. The topological polar surface area (TPSA) is 16.4 Å². The third-order valence-electron chi connectivity index (χ3n) is 10.8. The van der Waals surface area contributed by atoms with Crippen molar-refractivity contribution in [3.05, 3.63) is 200 Å². The molecule has 2 heterocycles. The number of rotatable bonds is 6. The van der Waals surface area contributed by atoms with Gasteiger partial charge in [-0.15, -0.1) is 11.3 Å². The van der Waals surface area contributed by atoms with Gasteiger partial charge >= 0.3 is 0 Å². The fourth-order valence-corrected chi connectivity index (χ4v) is 9.28. The molecule has 11 aromatic rings. The highest BCUT2D eigenvalue weighted by Gasteiger charge is 2.17. The number of para-hydroxylation sites is 1. The smallest absolute Gasteiger partial charge is 0.135 e. The van der Waals surface area contributed by atoms with Crippen LogP contribution in [-0.2, 0) is 0 Å². The first-order valence-corrected chi connectivity index (χ1v) is 19.5. The van der Waals surface area contributed by atoms with E-state index in [1.54, 1.807) is 0 Å². The van der Waals surface area contributed by atoms with Crippen molar-refractivity contribution < 1.29 is 4.42 Å². The van der Waals surface area contributed by atoms with E-state index >= 15 is 0 Å². The first-order valence-electron chi connectivity index (χ1n) is 18.7. The van der Waals surface area contributed by atoms with E-state index in [2.05, 4.69) is 193 Å². The van der Waals surface area contributed by atoms with Gasteiger partial charge in [0.2, 0.25) is 0 Å². The second-order valence-electron chi connectivity index (χ2n) is 14.1. The summed E-state index contributed by atoms with van der Waals surface area (Å²) >= 11 is 1.86. The molecule has 0 aliphatic heterocycles. The Morgan fingerprint density at radius 2 is 0.855 bits per heavy atom. The summed E-state index contributed by atoms with van der Waals surface area (Å²) in [5.41, 5.74) is 12.2. The van der Waals surface area contributed by atoms with Crippen LogP contribution < -0.4 is 4.90 Å². The van der Waals surface area contributed by atoms with Crippen molar-refractivity contribution in [3.63, 3.8) is 0 Å². The van der Waals surface area contributed by atoms with Gasteiger partial charge in [-0.05, 0) is 117 Å². The van der Waals surface area contributed by atoms with E-state index < -0.39 is 0 Å². The summed E-state index contributed by atoms with van der Waals surface area (Å²) < 4.78 is 8.81. The van der Waals surface area contributed by atoms with Gasteiger partial charge in [0.25, 0.3) is 0 Å². The molecule has 0 unspecified atom stereocenters. The van der Waals surface area contributed by atoms with Crippen LogP contribution >= 0.6 is 11.3 Å². The number of furan rings is 1. The molecule has 3 heteroatoms. The second kappa shape index (κ2) is 12.9. The van der Waals surface area contributed by atoms with Crippen LogP contribution in [0, 0.1) is 0 Å². The van der Waals surface area contributed by atoms with E-state index in [9.17, 15) is 0 Å². The van der Waals surface area contributed by atoms with Crippen LogP contribution in [0.5, 0.6) is 0 Å². The monoisotopic (exact) mass is 719 g/mol. The van der Waals surface area contributed by atoms with Crippen molar-refractivity contribution in [2.75, 3.05) is 4.90 Å². The maximum atomic E-state index is 6.18. The summed E-state index contributed by atoms with van der Waals surface area (Å²) in [6.07, 6.45) is 0. The lowest BCUT2D eigenvalue weighted by molar-refractivity contribution is 0.669. The molecule has 0 fully saturated rings. The van der Waals surface area contributed by atoms with E-state index in [0.29, 0.717) is 0 Å². The maximum absolute atomic E-state index is 6.18. The van der Waals surface area contributed by atoms with Gasteiger partial charge in [0.15, 0.2) is 0 Å². The zero-order valence-corrected chi connectivity index (χ0v) is 30.6.